The average Bonchev–Trinajstić information content (AvgIpc) is 2.26. The summed E-state index contributed by atoms with van der Waals surface area (Å²) in [5.41, 5.74) is 1.47. The van der Waals surface area contributed by atoms with E-state index in [-0.39, 0.29) is 16.7 Å². The molecule has 0 atom stereocenters. The lowest BCUT2D eigenvalue weighted by Gasteiger charge is -2.25. The lowest BCUT2D eigenvalue weighted by Crippen LogP contribution is -2.35. The van der Waals surface area contributed by atoms with E-state index in [0.717, 1.165) is 11.3 Å². The second kappa shape index (κ2) is 5.60. The van der Waals surface area contributed by atoms with E-state index in [1.54, 1.807) is 6.08 Å². The summed E-state index contributed by atoms with van der Waals surface area (Å²) in [7, 11) is 0. The van der Waals surface area contributed by atoms with Gasteiger partial charge in [0.05, 0.1) is 0 Å². The third-order valence-electron chi connectivity index (χ3n) is 2.61. The molecule has 0 radical (unpaired) electrons. The fraction of sp³-hybridized carbons (Fsp3) is 0.471. The van der Waals surface area contributed by atoms with Crippen molar-refractivity contribution in [2.24, 2.45) is 5.41 Å². The largest absolute Gasteiger partial charge is 0.380 e. The summed E-state index contributed by atoms with van der Waals surface area (Å²) in [5, 5.41) is 3.42. The van der Waals surface area contributed by atoms with Gasteiger partial charge in [0.15, 0.2) is 5.78 Å². The van der Waals surface area contributed by atoms with E-state index >= 15 is 0 Å². The minimum absolute atomic E-state index is 0.0835. The summed E-state index contributed by atoms with van der Waals surface area (Å²) < 4.78 is 0. The average molecular weight is 259 g/mol. The normalized spacial score (nSPS) is 13.3. The van der Waals surface area contributed by atoms with Crippen LogP contribution in [0.25, 0.3) is 5.70 Å². The van der Waals surface area contributed by atoms with Crippen molar-refractivity contribution in [3.05, 3.63) is 42.0 Å². The number of nitrogens with one attached hydrogen (secondary N) is 1. The number of rotatable bonds is 3. The molecule has 1 rings (SSSR count). The molecule has 0 fully saturated rings. The van der Waals surface area contributed by atoms with Gasteiger partial charge in [-0.05, 0) is 26.3 Å². The van der Waals surface area contributed by atoms with Gasteiger partial charge in [0, 0.05) is 22.7 Å². The first-order chi connectivity index (χ1) is 8.59. The maximum atomic E-state index is 12.2. The van der Waals surface area contributed by atoms with Crippen LogP contribution in [-0.2, 0) is 4.79 Å². The Labute approximate surface area is 116 Å². The van der Waals surface area contributed by atoms with E-state index in [1.165, 1.54) is 0 Å². The molecule has 2 nitrogen and oxygen atoms in total. The first kappa shape index (κ1) is 15.5. The van der Waals surface area contributed by atoms with Crippen LogP contribution in [0.5, 0.6) is 0 Å². The number of ketones is 1. The van der Waals surface area contributed by atoms with Crippen molar-refractivity contribution in [1.29, 1.82) is 0 Å². The Morgan fingerprint density at radius 2 is 1.53 bits per heavy atom. The van der Waals surface area contributed by atoms with E-state index in [4.69, 9.17) is 0 Å². The Hall–Kier alpha value is -1.57. The number of hydrogen-bond donors (Lipinski definition) is 1. The molecule has 2 heteroatoms. The quantitative estimate of drug-likeness (QED) is 0.830. The minimum atomic E-state index is -0.362. The Balaban J connectivity index is 3.14. The minimum Gasteiger partial charge on any atom is -0.380 e. The summed E-state index contributed by atoms with van der Waals surface area (Å²) in [5.74, 6) is 0.128. The van der Waals surface area contributed by atoms with Crippen molar-refractivity contribution in [2.75, 3.05) is 0 Å². The van der Waals surface area contributed by atoms with Gasteiger partial charge in [-0.1, -0.05) is 51.1 Å². The Morgan fingerprint density at radius 3 is 1.95 bits per heavy atom. The Morgan fingerprint density at radius 1 is 1.00 bits per heavy atom. The summed E-state index contributed by atoms with van der Waals surface area (Å²) in [6.07, 6.45) is 1.72. The van der Waals surface area contributed by atoms with Crippen LogP contribution in [0.15, 0.2) is 36.4 Å². The van der Waals surface area contributed by atoms with Gasteiger partial charge in [-0.15, -0.1) is 0 Å². The first-order valence-corrected chi connectivity index (χ1v) is 6.69. The molecular formula is C17H25NO. The molecule has 104 valence electrons. The Bertz CT molecular complexity index is 458. The van der Waals surface area contributed by atoms with Crippen LogP contribution in [0.3, 0.4) is 0 Å². The number of benzene rings is 1. The van der Waals surface area contributed by atoms with Crippen molar-refractivity contribution in [2.45, 2.75) is 47.1 Å². The van der Waals surface area contributed by atoms with Crippen LogP contribution in [0.4, 0.5) is 0 Å². The first-order valence-electron chi connectivity index (χ1n) is 6.69. The van der Waals surface area contributed by atoms with Gasteiger partial charge in [0.1, 0.15) is 0 Å². The highest BCUT2D eigenvalue weighted by atomic mass is 16.1. The van der Waals surface area contributed by atoms with Gasteiger partial charge in [0.2, 0.25) is 0 Å². The summed E-state index contributed by atoms with van der Waals surface area (Å²) in [4.78, 5) is 12.2. The zero-order valence-electron chi connectivity index (χ0n) is 12.9. The molecule has 0 saturated carbocycles. The van der Waals surface area contributed by atoms with E-state index < -0.39 is 0 Å². The maximum Gasteiger partial charge on any atom is 0.163 e. The zero-order chi connectivity index (χ0) is 14.7. The van der Waals surface area contributed by atoms with Gasteiger partial charge in [-0.25, -0.2) is 0 Å². The molecule has 1 aromatic rings. The molecule has 0 heterocycles. The molecule has 1 aromatic carbocycles. The summed E-state index contributed by atoms with van der Waals surface area (Å²) in [6, 6.07) is 9.97. The molecule has 0 saturated heterocycles. The van der Waals surface area contributed by atoms with Crippen molar-refractivity contribution < 1.29 is 4.79 Å². The molecule has 0 unspecified atom stereocenters. The van der Waals surface area contributed by atoms with Crippen LogP contribution >= 0.6 is 0 Å². The SMILES string of the molecule is CC(C)(C)NC(=CC(=O)C(C)(C)C)c1ccccc1. The summed E-state index contributed by atoms with van der Waals surface area (Å²) >= 11 is 0. The molecule has 0 amide bonds. The molecule has 0 bridgehead atoms. The molecule has 0 aromatic heterocycles. The van der Waals surface area contributed by atoms with E-state index in [1.807, 2.05) is 51.1 Å². The highest BCUT2D eigenvalue weighted by Gasteiger charge is 2.21. The third kappa shape index (κ3) is 5.29. The van der Waals surface area contributed by atoms with Crippen LogP contribution in [0.1, 0.15) is 47.1 Å². The van der Waals surface area contributed by atoms with Crippen molar-refractivity contribution in [1.82, 2.24) is 5.32 Å². The summed E-state index contributed by atoms with van der Waals surface area (Å²) in [6.45, 7) is 12.1. The van der Waals surface area contributed by atoms with Gasteiger partial charge in [-0.2, -0.15) is 0 Å². The Kier molecular flexibility index (Phi) is 4.56. The lowest BCUT2D eigenvalue weighted by atomic mass is 9.89. The van der Waals surface area contributed by atoms with Crippen molar-refractivity contribution in [3.63, 3.8) is 0 Å². The van der Waals surface area contributed by atoms with Gasteiger partial charge in [0.25, 0.3) is 0 Å². The predicted octanol–water partition coefficient (Wildman–Crippen LogP) is 4.03. The highest BCUT2D eigenvalue weighted by molar-refractivity contribution is 5.99. The molecule has 0 aliphatic rings. The topological polar surface area (TPSA) is 29.1 Å². The van der Waals surface area contributed by atoms with Crippen LogP contribution < -0.4 is 5.32 Å². The fourth-order valence-corrected chi connectivity index (χ4v) is 1.56. The lowest BCUT2D eigenvalue weighted by molar-refractivity contribution is -0.121. The van der Waals surface area contributed by atoms with Crippen LogP contribution in [0.2, 0.25) is 0 Å². The highest BCUT2D eigenvalue weighted by Crippen LogP contribution is 2.21. The van der Waals surface area contributed by atoms with Crippen LogP contribution in [-0.4, -0.2) is 11.3 Å². The second-order valence-corrected chi connectivity index (χ2v) is 6.91. The molecule has 19 heavy (non-hydrogen) atoms. The number of allylic oxidation sites excluding steroid dienone is 1. The molecule has 0 spiro atoms. The molecule has 0 aliphatic carbocycles. The molecular weight excluding hydrogens is 234 g/mol. The van der Waals surface area contributed by atoms with Crippen molar-refractivity contribution in [3.8, 4) is 0 Å². The van der Waals surface area contributed by atoms with Crippen LogP contribution in [0, 0.1) is 5.41 Å². The zero-order valence-corrected chi connectivity index (χ0v) is 12.9. The van der Waals surface area contributed by atoms with Crippen molar-refractivity contribution >= 4 is 11.5 Å². The van der Waals surface area contributed by atoms with Gasteiger partial charge in [-0.3, -0.25) is 4.79 Å². The van der Waals surface area contributed by atoms with Gasteiger partial charge >= 0.3 is 0 Å². The molecule has 0 aliphatic heterocycles. The smallest absolute Gasteiger partial charge is 0.163 e. The van der Waals surface area contributed by atoms with E-state index in [0.29, 0.717) is 0 Å². The van der Waals surface area contributed by atoms with E-state index in [2.05, 4.69) is 26.1 Å². The van der Waals surface area contributed by atoms with E-state index in [9.17, 15) is 4.79 Å². The maximum absolute atomic E-state index is 12.2. The predicted molar refractivity (Wildman–Crippen MR) is 81.8 cm³/mol. The van der Waals surface area contributed by atoms with Gasteiger partial charge < -0.3 is 5.32 Å². The number of carbonyl (C=O) groups is 1. The number of carbonyl (C=O) groups excluding carboxylic acids is 1. The monoisotopic (exact) mass is 259 g/mol. The second-order valence-electron chi connectivity index (χ2n) is 6.91. The third-order valence-corrected chi connectivity index (χ3v) is 2.61. The number of hydrogen-bond acceptors (Lipinski definition) is 2. The standard InChI is InChI=1S/C17H25NO/c1-16(2,3)15(19)12-14(18-17(4,5)6)13-10-8-7-9-11-13/h7-12,18H,1-6H3. The fourth-order valence-electron chi connectivity index (χ4n) is 1.56. The molecule has 1 N–H and O–H groups in total.